The van der Waals surface area contributed by atoms with Crippen LogP contribution in [0.3, 0.4) is 0 Å². The molecule has 5 aromatic rings. The van der Waals surface area contributed by atoms with E-state index in [9.17, 15) is 14.4 Å². The van der Waals surface area contributed by atoms with Crippen LogP contribution in [0.4, 0.5) is 17.1 Å². The average molecular weight is 790 g/mol. The second-order valence-electron chi connectivity index (χ2n) is 16.9. The second kappa shape index (κ2) is 15.9. The number of hydrogen-bond acceptors (Lipinski definition) is 6. The van der Waals surface area contributed by atoms with Gasteiger partial charge in [0.2, 0.25) is 5.91 Å². The standard InChI is InChI=1S/C50H51N3O6/c1-30(2)13-18-48(54)51-38-21-32(28-58-45-25-34-14-16-39-23-36-9-5-7-11-43(36)52(39)49(55)41(34)19-31(45)3)20-33(22-38)29-59-47-26-35-15-17-40-24-37-10-6-8-12-44(37)53(40)50(56)42(35)27-46(47)57-4/h5-12,19-22,25-27,30,39-40H,13-18,23-24,28-29H2,1-4H3,(H,51,54)/t39-,40-/m1/s1. The first-order valence-electron chi connectivity index (χ1n) is 21.0. The van der Waals surface area contributed by atoms with Gasteiger partial charge in [-0.1, -0.05) is 50.2 Å². The summed E-state index contributed by atoms with van der Waals surface area (Å²) >= 11 is 0. The van der Waals surface area contributed by atoms with Crippen molar-refractivity contribution in [1.29, 1.82) is 0 Å². The minimum atomic E-state index is -0.0433. The highest BCUT2D eigenvalue weighted by Gasteiger charge is 2.39. The van der Waals surface area contributed by atoms with Crippen molar-refractivity contribution >= 4 is 34.8 Å². The molecule has 9 heteroatoms. The fraction of sp³-hybridized carbons (Fsp3) is 0.340. The molecule has 4 heterocycles. The lowest BCUT2D eigenvalue weighted by Crippen LogP contribution is -2.36. The van der Waals surface area contributed by atoms with E-state index in [2.05, 4.69) is 37.4 Å². The van der Waals surface area contributed by atoms with Crippen LogP contribution in [-0.2, 0) is 43.7 Å². The predicted octanol–water partition coefficient (Wildman–Crippen LogP) is 9.57. The van der Waals surface area contributed by atoms with Gasteiger partial charge in [0.15, 0.2) is 11.5 Å². The van der Waals surface area contributed by atoms with Gasteiger partial charge in [0, 0.05) is 46.7 Å². The number of nitrogens with zero attached hydrogens (tertiary/aromatic N) is 2. The van der Waals surface area contributed by atoms with Crippen LogP contribution in [0.1, 0.15) is 99.2 Å². The SMILES string of the molecule is COc1cc2c(cc1OCc1cc(COc3cc4c(cc3C)C(=O)N3c5ccccc5C[C@H]3CC4)cc(NC(=O)CCC(C)C)c1)CC[C@@H]1Cc3ccccc3N1C2=O. The highest BCUT2D eigenvalue weighted by molar-refractivity contribution is 6.10. The van der Waals surface area contributed by atoms with Gasteiger partial charge in [-0.05, 0) is 151 Å². The Morgan fingerprint density at radius 1 is 0.695 bits per heavy atom. The van der Waals surface area contributed by atoms with Crippen molar-refractivity contribution in [2.45, 2.75) is 97.4 Å². The lowest BCUT2D eigenvalue weighted by atomic mass is 9.98. The lowest BCUT2D eigenvalue weighted by molar-refractivity contribution is -0.116. The van der Waals surface area contributed by atoms with Crippen molar-refractivity contribution < 1.29 is 28.6 Å². The summed E-state index contributed by atoms with van der Waals surface area (Å²) in [6, 6.07) is 30.4. The summed E-state index contributed by atoms with van der Waals surface area (Å²) in [6.45, 7) is 6.66. The maximum Gasteiger partial charge on any atom is 0.258 e. The van der Waals surface area contributed by atoms with E-state index in [4.69, 9.17) is 14.2 Å². The summed E-state index contributed by atoms with van der Waals surface area (Å²) in [6.07, 6.45) is 6.23. The first kappa shape index (κ1) is 38.4. The van der Waals surface area contributed by atoms with Crippen LogP contribution in [0, 0.1) is 12.8 Å². The van der Waals surface area contributed by atoms with E-state index in [-0.39, 0.29) is 43.0 Å². The van der Waals surface area contributed by atoms with E-state index in [1.165, 1.54) is 11.1 Å². The number of para-hydroxylation sites is 2. The summed E-state index contributed by atoms with van der Waals surface area (Å²) in [4.78, 5) is 45.0. The van der Waals surface area contributed by atoms with Crippen molar-refractivity contribution in [3.05, 3.63) is 141 Å². The molecule has 0 aliphatic carbocycles. The molecule has 0 saturated carbocycles. The number of aryl methyl sites for hydroxylation is 3. The molecule has 59 heavy (non-hydrogen) atoms. The predicted molar refractivity (Wildman–Crippen MR) is 230 cm³/mol. The van der Waals surface area contributed by atoms with Gasteiger partial charge in [0.25, 0.3) is 11.8 Å². The van der Waals surface area contributed by atoms with Crippen molar-refractivity contribution in [3.63, 3.8) is 0 Å². The molecule has 0 saturated heterocycles. The number of rotatable bonds is 11. The topological polar surface area (TPSA) is 97.4 Å². The van der Waals surface area contributed by atoms with E-state index in [1.54, 1.807) is 7.11 Å². The molecule has 302 valence electrons. The summed E-state index contributed by atoms with van der Waals surface area (Å²) in [5, 5.41) is 3.11. The third-order valence-electron chi connectivity index (χ3n) is 12.4. The summed E-state index contributed by atoms with van der Waals surface area (Å²) in [5.41, 5.74) is 11.1. The van der Waals surface area contributed by atoms with Crippen molar-refractivity contribution in [2.24, 2.45) is 5.92 Å². The van der Waals surface area contributed by atoms with E-state index in [1.807, 2.05) is 89.5 Å². The Balaban J connectivity index is 0.951. The number of carbonyl (C=O) groups excluding carboxylic acids is 3. The van der Waals surface area contributed by atoms with E-state index >= 15 is 0 Å². The third kappa shape index (κ3) is 7.55. The maximum atomic E-state index is 14.0. The minimum absolute atomic E-state index is 0.00900. The van der Waals surface area contributed by atoms with Crippen LogP contribution >= 0.6 is 0 Å². The monoisotopic (exact) mass is 789 g/mol. The van der Waals surface area contributed by atoms with Crippen molar-refractivity contribution in [1.82, 2.24) is 0 Å². The number of benzene rings is 5. The van der Waals surface area contributed by atoms with Crippen LogP contribution in [0.2, 0.25) is 0 Å². The number of ether oxygens (including phenoxy) is 3. The molecule has 1 N–H and O–H groups in total. The maximum absolute atomic E-state index is 14.0. The molecule has 3 amide bonds. The lowest BCUT2D eigenvalue weighted by Gasteiger charge is -2.23. The number of amides is 3. The number of methoxy groups -OCH3 is 1. The molecule has 0 spiro atoms. The summed E-state index contributed by atoms with van der Waals surface area (Å²) in [5.74, 6) is 2.20. The fourth-order valence-electron chi connectivity index (χ4n) is 9.38. The number of hydrogen-bond donors (Lipinski definition) is 1. The normalized spacial score (nSPS) is 17.6. The van der Waals surface area contributed by atoms with Crippen LogP contribution in [0.5, 0.6) is 17.2 Å². The number of fused-ring (bicyclic) bond motifs is 8. The molecule has 0 aromatic heterocycles. The molecule has 4 aliphatic heterocycles. The second-order valence-corrected chi connectivity index (χ2v) is 16.9. The molecule has 0 fully saturated rings. The Morgan fingerprint density at radius 3 is 1.81 bits per heavy atom. The van der Waals surface area contributed by atoms with Crippen molar-refractivity contribution in [3.8, 4) is 17.2 Å². The molecule has 0 unspecified atom stereocenters. The van der Waals surface area contributed by atoms with Gasteiger partial charge in [-0.15, -0.1) is 0 Å². The van der Waals surface area contributed by atoms with Gasteiger partial charge in [0.05, 0.1) is 7.11 Å². The van der Waals surface area contributed by atoms with Gasteiger partial charge in [-0.3, -0.25) is 14.4 Å². The molecular formula is C50H51N3O6. The van der Waals surface area contributed by atoms with Gasteiger partial charge in [-0.2, -0.15) is 0 Å². The molecule has 0 radical (unpaired) electrons. The zero-order chi connectivity index (χ0) is 40.8. The van der Waals surface area contributed by atoms with Gasteiger partial charge < -0.3 is 29.3 Å². The molecule has 4 aliphatic rings. The first-order valence-corrected chi connectivity index (χ1v) is 21.0. The molecule has 0 bridgehead atoms. The van der Waals surface area contributed by atoms with Crippen LogP contribution in [0.25, 0.3) is 0 Å². The van der Waals surface area contributed by atoms with Gasteiger partial charge in [0.1, 0.15) is 19.0 Å². The zero-order valence-electron chi connectivity index (χ0n) is 34.3. The van der Waals surface area contributed by atoms with Gasteiger partial charge in [-0.25, -0.2) is 0 Å². The number of carbonyl (C=O) groups is 3. The number of nitrogens with one attached hydrogen (secondary N) is 1. The summed E-state index contributed by atoms with van der Waals surface area (Å²) in [7, 11) is 1.59. The van der Waals surface area contributed by atoms with E-state index < -0.39 is 0 Å². The third-order valence-corrected chi connectivity index (χ3v) is 12.4. The highest BCUT2D eigenvalue weighted by Crippen LogP contribution is 2.42. The van der Waals surface area contributed by atoms with Crippen LogP contribution in [0.15, 0.2) is 91.0 Å². The Hall–Kier alpha value is -6.09. The van der Waals surface area contributed by atoms with Crippen LogP contribution in [-0.4, -0.2) is 36.9 Å². The Morgan fingerprint density at radius 2 is 1.24 bits per heavy atom. The first-order chi connectivity index (χ1) is 28.6. The van der Waals surface area contributed by atoms with Crippen molar-refractivity contribution in [2.75, 3.05) is 22.2 Å². The largest absolute Gasteiger partial charge is 0.493 e. The van der Waals surface area contributed by atoms with E-state index in [0.717, 1.165) is 95.5 Å². The Labute approximate surface area is 346 Å². The van der Waals surface area contributed by atoms with E-state index in [0.29, 0.717) is 35.1 Å². The van der Waals surface area contributed by atoms with Gasteiger partial charge >= 0.3 is 0 Å². The Bertz CT molecular complexity index is 2470. The quantitative estimate of drug-likeness (QED) is 0.143. The molecular weight excluding hydrogens is 739 g/mol. The number of anilines is 3. The Kier molecular flexibility index (Phi) is 10.4. The summed E-state index contributed by atoms with van der Waals surface area (Å²) < 4.78 is 18.8. The minimum Gasteiger partial charge on any atom is -0.493 e. The molecule has 5 aromatic carbocycles. The zero-order valence-corrected chi connectivity index (χ0v) is 34.3. The molecule has 2 atom stereocenters. The van der Waals surface area contributed by atoms with Crippen LogP contribution < -0.4 is 29.3 Å². The smallest absolute Gasteiger partial charge is 0.258 e. The molecule has 9 nitrogen and oxygen atoms in total. The average Bonchev–Trinajstić information content (AvgIpc) is 3.73. The highest BCUT2D eigenvalue weighted by atomic mass is 16.5. The fourth-order valence-corrected chi connectivity index (χ4v) is 9.38. The molecule has 9 rings (SSSR count).